The first-order valence-electron chi connectivity index (χ1n) is 5.49. The van der Waals surface area contributed by atoms with Gasteiger partial charge in [0.1, 0.15) is 5.82 Å². The summed E-state index contributed by atoms with van der Waals surface area (Å²) in [6.07, 6.45) is 0. The van der Waals surface area contributed by atoms with Crippen molar-refractivity contribution in [1.29, 1.82) is 0 Å². The lowest BCUT2D eigenvalue weighted by Gasteiger charge is -2.06. The fourth-order valence-corrected chi connectivity index (χ4v) is 2.10. The van der Waals surface area contributed by atoms with E-state index in [9.17, 15) is 4.39 Å². The lowest BCUT2D eigenvalue weighted by molar-refractivity contribution is 0.134. The Kier molecular flexibility index (Phi) is 2.34. The van der Waals surface area contributed by atoms with Crippen LogP contribution in [0.3, 0.4) is 0 Å². The molecule has 86 valence electrons. The molecule has 0 spiro atoms. The summed E-state index contributed by atoms with van der Waals surface area (Å²) in [6, 6.07) is 10.5. The van der Waals surface area contributed by atoms with Crippen molar-refractivity contribution < 1.29 is 9.13 Å². The van der Waals surface area contributed by atoms with E-state index in [-0.39, 0.29) is 5.82 Å². The maximum Gasteiger partial charge on any atom is 0.131 e. The first kappa shape index (κ1) is 10.3. The molecular weight excluding hydrogens is 217 g/mol. The van der Waals surface area contributed by atoms with Crippen LogP contribution in [0.5, 0.6) is 0 Å². The highest BCUT2D eigenvalue weighted by molar-refractivity contribution is 5.69. The molecule has 0 radical (unpaired) electrons. The molecule has 0 aromatic heterocycles. The van der Waals surface area contributed by atoms with Gasteiger partial charge < -0.3 is 10.5 Å². The third-order valence-electron chi connectivity index (χ3n) is 3.02. The molecule has 3 rings (SSSR count). The molecule has 0 bridgehead atoms. The zero-order chi connectivity index (χ0) is 11.8. The molecule has 0 fully saturated rings. The van der Waals surface area contributed by atoms with Gasteiger partial charge in [-0.25, -0.2) is 4.39 Å². The summed E-state index contributed by atoms with van der Waals surface area (Å²) in [5.74, 6) is -0.252. The number of nitrogen functional groups attached to an aromatic ring is 1. The van der Waals surface area contributed by atoms with Gasteiger partial charge in [-0.2, -0.15) is 0 Å². The van der Waals surface area contributed by atoms with E-state index in [0.29, 0.717) is 24.5 Å². The maximum absolute atomic E-state index is 13.7. The monoisotopic (exact) mass is 229 g/mol. The van der Waals surface area contributed by atoms with Gasteiger partial charge in [0.15, 0.2) is 0 Å². The molecular formula is C14H12FNO. The van der Waals surface area contributed by atoms with Crippen LogP contribution >= 0.6 is 0 Å². The summed E-state index contributed by atoms with van der Waals surface area (Å²) >= 11 is 0. The summed E-state index contributed by atoms with van der Waals surface area (Å²) in [4.78, 5) is 0. The highest BCUT2D eigenvalue weighted by atomic mass is 19.1. The van der Waals surface area contributed by atoms with E-state index in [2.05, 4.69) is 0 Å². The quantitative estimate of drug-likeness (QED) is 0.762. The predicted molar refractivity (Wildman–Crippen MR) is 64.7 cm³/mol. The van der Waals surface area contributed by atoms with Crippen LogP contribution in [0.2, 0.25) is 0 Å². The number of hydrogen-bond acceptors (Lipinski definition) is 2. The van der Waals surface area contributed by atoms with E-state index in [4.69, 9.17) is 10.5 Å². The molecule has 0 unspecified atom stereocenters. The standard InChI is InChI=1S/C14H12FNO/c15-14-4-3-12(16)6-13(14)9-1-2-10-7-17-8-11(10)5-9/h1-6H,7-8,16H2. The first-order chi connectivity index (χ1) is 8.24. The summed E-state index contributed by atoms with van der Waals surface area (Å²) in [6.45, 7) is 1.25. The normalized spacial score (nSPS) is 13.7. The highest BCUT2D eigenvalue weighted by Gasteiger charge is 2.13. The van der Waals surface area contributed by atoms with Crippen LogP contribution in [0.15, 0.2) is 36.4 Å². The Balaban J connectivity index is 2.12. The Hall–Kier alpha value is -1.87. The minimum Gasteiger partial charge on any atom is -0.399 e. The molecule has 0 saturated carbocycles. The van der Waals surface area contributed by atoms with Gasteiger partial charge >= 0.3 is 0 Å². The molecule has 2 nitrogen and oxygen atoms in total. The van der Waals surface area contributed by atoms with E-state index in [1.54, 1.807) is 12.1 Å². The van der Waals surface area contributed by atoms with Crippen LogP contribution in [0.25, 0.3) is 11.1 Å². The average Bonchev–Trinajstić information content (AvgIpc) is 2.79. The molecule has 1 aliphatic heterocycles. The summed E-state index contributed by atoms with van der Waals surface area (Å²) < 4.78 is 19.1. The lowest BCUT2D eigenvalue weighted by atomic mass is 10.00. The van der Waals surface area contributed by atoms with Crippen molar-refractivity contribution in [1.82, 2.24) is 0 Å². The van der Waals surface area contributed by atoms with E-state index < -0.39 is 0 Å². The molecule has 3 heteroatoms. The minimum atomic E-state index is -0.252. The van der Waals surface area contributed by atoms with Gasteiger partial charge in [0.2, 0.25) is 0 Å². The van der Waals surface area contributed by atoms with Gasteiger partial charge in [-0.3, -0.25) is 0 Å². The number of benzene rings is 2. The molecule has 0 aliphatic carbocycles. The fourth-order valence-electron chi connectivity index (χ4n) is 2.10. The van der Waals surface area contributed by atoms with Crippen molar-refractivity contribution in [2.45, 2.75) is 13.2 Å². The zero-order valence-electron chi connectivity index (χ0n) is 9.24. The van der Waals surface area contributed by atoms with Crippen molar-refractivity contribution in [2.24, 2.45) is 0 Å². The highest BCUT2D eigenvalue weighted by Crippen LogP contribution is 2.29. The molecule has 2 aromatic rings. The van der Waals surface area contributed by atoms with Gasteiger partial charge in [0, 0.05) is 11.3 Å². The fraction of sp³-hybridized carbons (Fsp3) is 0.143. The molecule has 0 amide bonds. The van der Waals surface area contributed by atoms with Crippen molar-refractivity contribution in [3.8, 4) is 11.1 Å². The number of nitrogens with two attached hydrogens (primary N) is 1. The first-order valence-corrected chi connectivity index (χ1v) is 5.49. The second-order valence-corrected chi connectivity index (χ2v) is 4.22. The van der Waals surface area contributed by atoms with Crippen molar-refractivity contribution in [3.05, 3.63) is 53.3 Å². The SMILES string of the molecule is Nc1ccc(F)c(-c2ccc3c(c2)COC3)c1. The minimum absolute atomic E-state index is 0.252. The van der Waals surface area contributed by atoms with Crippen LogP contribution in [0.4, 0.5) is 10.1 Å². The second-order valence-electron chi connectivity index (χ2n) is 4.22. The van der Waals surface area contributed by atoms with E-state index in [0.717, 1.165) is 11.1 Å². The van der Waals surface area contributed by atoms with Gasteiger partial charge in [-0.15, -0.1) is 0 Å². The Bertz CT molecular complexity index is 580. The number of halogens is 1. The maximum atomic E-state index is 13.7. The summed E-state index contributed by atoms with van der Waals surface area (Å²) in [7, 11) is 0. The Morgan fingerprint density at radius 2 is 1.82 bits per heavy atom. The van der Waals surface area contributed by atoms with E-state index in [1.807, 2.05) is 18.2 Å². The molecule has 2 aromatic carbocycles. The Labute approximate surface area is 98.8 Å². The predicted octanol–water partition coefficient (Wildman–Crippen LogP) is 3.11. The number of rotatable bonds is 1. The Morgan fingerprint density at radius 1 is 1.00 bits per heavy atom. The van der Waals surface area contributed by atoms with Crippen molar-refractivity contribution in [2.75, 3.05) is 5.73 Å². The van der Waals surface area contributed by atoms with Crippen LogP contribution < -0.4 is 5.73 Å². The Morgan fingerprint density at radius 3 is 2.71 bits per heavy atom. The smallest absolute Gasteiger partial charge is 0.131 e. The average molecular weight is 229 g/mol. The third-order valence-corrected chi connectivity index (χ3v) is 3.02. The van der Waals surface area contributed by atoms with Gasteiger partial charge in [0.25, 0.3) is 0 Å². The number of anilines is 1. The molecule has 2 N–H and O–H groups in total. The van der Waals surface area contributed by atoms with Gasteiger partial charge in [-0.1, -0.05) is 12.1 Å². The van der Waals surface area contributed by atoms with E-state index in [1.165, 1.54) is 11.6 Å². The largest absolute Gasteiger partial charge is 0.399 e. The molecule has 1 heterocycles. The van der Waals surface area contributed by atoms with E-state index >= 15 is 0 Å². The summed E-state index contributed by atoms with van der Waals surface area (Å²) in [5, 5.41) is 0. The number of hydrogen-bond donors (Lipinski definition) is 1. The molecule has 17 heavy (non-hydrogen) atoms. The number of ether oxygens (including phenoxy) is 1. The number of fused-ring (bicyclic) bond motifs is 1. The van der Waals surface area contributed by atoms with Crippen LogP contribution in [0.1, 0.15) is 11.1 Å². The molecule has 1 aliphatic rings. The lowest BCUT2D eigenvalue weighted by Crippen LogP contribution is -1.91. The van der Waals surface area contributed by atoms with Crippen LogP contribution in [0, 0.1) is 5.82 Å². The van der Waals surface area contributed by atoms with Crippen molar-refractivity contribution >= 4 is 5.69 Å². The van der Waals surface area contributed by atoms with Gasteiger partial charge in [-0.05, 0) is 41.0 Å². The van der Waals surface area contributed by atoms with Crippen LogP contribution in [-0.4, -0.2) is 0 Å². The van der Waals surface area contributed by atoms with Gasteiger partial charge in [0.05, 0.1) is 13.2 Å². The molecule has 0 atom stereocenters. The summed E-state index contributed by atoms with van der Waals surface area (Å²) in [5.41, 5.74) is 9.95. The zero-order valence-corrected chi connectivity index (χ0v) is 9.24. The molecule has 0 saturated heterocycles. The second kappa shape index (κ2) is 3.86. The third kappa shape index (κ3) is 1.78. The topological polar surface area (TPSA) is 35.2 Å². The van der Waals surface area contributed by atoms with Crippen molar-refractivity contribution in [3.63, 3.8) is 0 Å². The van der Waals surface area contributed by atoms with Crippen LogP contribution in [-0.2, 0) is 18.0 Å².